The fourth-order valence-corrected chi connectivity index (χ4v) is 5.87. The Morgan fingerprint density at radius 3 is 2.41 bits per heavy atom. The minimum absolute atomic E-state index is 0.237. The second-order valence-electron chi connectivity index (χ2n) is 7.36. The average molecular weight is 433 g/mol. The van der Waals surface area contributed by atoms with Gasteiger partial charge in [-0.25, -0.2) is 8.42 Å². The summed E-state index contributed by atoms with van der Waals surface area (Å²) in [6.07, 6.45) is 2.84. The van der Waals surface area contributed by atoms with Gasteiger partial charge in [-0.1, -0.05) is 30.2 Å². The minimum atomic E-state index is -3.56. The molecule has 0 radical (unpaired) electrons. The summed E-state index contributed by atoms with van der Waals surface area (Å²) in [5.41, 5.74) is 2.27. The van der Waals surface area contributed by atoms with Crippen molar-refractivity contribution < 1.29 is 13.2 Å². The van der Waals surface area contributed by atoms with Gasteiger partial charge in [-0.2, -0.15) is 4.31 Å². The Morgan fingerprint density at radius 2 is 1.72 bits per heavy atom. The highest BCUT2D eigenvalue weighted by molar-refractivity contribution is 7.99. The van der Waals surface area contributed by atoms with Gasteiger partial charge in [0.2, 0.25) is 10.0 Å². The van der Waals surface area contributed by atoms with Crippen molar-refractivity contribution in [2.75, 3.05) is 25.4 Å². The quantitative estimate of drug-likeness (QED) is 0.530. The van der Waals surface area contributed by atoms with Crippen LogP contribution in [0.15, 0.2) is 52.3 Å². The molecule has 2 aromatic carbocycles. The lowest BCUT2D eigenvalue weighted by Gasteiger charge is -2.26. The highest BCUT2D eigenvalue weighted by Gasteiger charge is 2.28. The second kappa shape index (κ2) is 9.78. The van der Waals surface area contributed by atoms with Crippen LogP contribution in [-0.2, 0) is 10.0 Å². The van der Waals surface area contributed by atoms with Crippen molar-refractivity contribution >= 4 is 27.7 Å². The third-order valence-electron chi connectivity index (χ3n) is 5.06. The molecule has 0 aliphatic carbocycles. The molecule has 0 bridgehead atoms. The molecule has 1 N–H and O–H groups in total. The number of amides is 1. The van der Waals surface area contributed by atoms with Crippen LogP contribution in [0.3, 0.4) is 0 Å². The van der Waals surface area contributed by atoms with E-state index in [0.29, 0.717) is 30.8 Å². The summed E-state index contributed by atoms with van der Waals surface area (Å²) in [5, 5.41) is 2.89. The van der Waals surface area contributed by atoms with Gasteiger partial charge in [0, 0.05) is 35.8 Å². The molecule has 1 fully saturated rings. The van der Waals surface area contributed by atoms with Crippen molar-refractivity contribution in [1.82, 2.24) is 9.62 Å². The van der Waals surface area contributed by atoms with E-state index in [-0.39, 0.29) is 10.8 Å². The third-order valence-corrected chi connectivity index (χ3v) is 8.11. The molecule has 5 nitrogen and oxygen atoms in total. The first-order valence-corrected chi connectivity index (χ1v) is 12.4. The molecule has 0 saturated carbocycles. The number of piperidine rings is 1. The standard InChI is InChI=1S/C22H28N2O3S2/c1-17-6-10-20(11-7-17)28-15-12-23-22(25)19-9-8-18(2)21(16-19)29(26,27)24-13-4-3-5-14-24/h6-11,16H,3-5,12-15H2,1-2H3,(H,23,25). The fraction of sp³-hybridized carbons (Fsp3) is 0.409. The van der Waals surface area contributed by atoms with Gasteiger partial charge in [-0.05, 0) is 56.5 Å². The lowest BCUT2D eigenvalue weighted by molar-refractivity contribution is 0.0956. The minimum Gasteiger partial charge on any atom is -0.351 e. The SMILES string of the molecule is Cc1ccc(SCCNC(=O)c2ccc(C)c(S(=O)(=O)N3CCCCC3)c2)cc1. The van der Waals surface area contributed by atoms with Crippen LogP contribution in [-0.4, -0.2) is 44.0 Å². The lowest BCUT2D eigenvalue weighted by atomic mass is 10.1. The first-order chi connectivity index (χ1) is 13.9. The zero-order chi connectivity index (χ0) is 20.9. The van der Waals surface area contributed by atoms with Crippen molar-refractivity contribution in [2.24, 2.45) is 0 Å². The predicted octanol–water partition coefficient (Wildman–Crippen LogP) is 4.00. The molecular formula is C22H28N2O3S2. The average Bonchev–Trinajstić information content (AvgIpc) is 2.73. The number of nitrogens with zero attached hydrogens (tertiary/aromatic N) is 1. The highest BCUT2D eigenvalue weighted by Crippen LogP contribution is 2.24. The Morgan fingerprint density at radius 1 is 1.03 bits per heavy atom. The summed E-state index contributed by atoms with van der Waals surface area (Å²) in [4.78, 5) is 13.9. The first-order valence-electron chi connectivity index (χ1n) is 9.96. The summed E-state index contributed by atoms with van der Waals surface area (Å²) < 4.78 is 27.6. The zero-order valence-corrected chi connectivity index (χ0v) is 18.6. The zero-order valence-electron chi connectivity index (χ0n) is 17.0. The monoisotopic (exact) mass is 432 g/mol. The maximum Gasteiger partial charge on any atom is 0.251 e. The van der Waals surface area contributed by atoms with Gasteiger partial charge >= 0.3 is 0 Å². The Labute approximate surface area is 177 Å². The van der Waals surface area contributed by atoms with Gasteiger partial charge < -0.3 is 5.32 Å². The molecule has 1 amide bonds. The van der Waals surface area contributed by atoms with Crippen molar-refractivity contribution in [3.63, 3.8) is 0 Å². The third kappa shape index (κ3) is 5.62. The van der Waals surface area contributed by atoms with Gasteiger partial charge in [-0.15, -0.1) is 11.8 Å². The lowest BCUT2D eigenvalue weighted by Crippen LogP contribution is -2.36. The molecule has 29 heavy (non-hydrogen) atoms. The number of aryl methyl sites for hydroxylation is 2. The number of benzene rings is 2. The van der Waals surface area contributed by atoms with E-state index in [1.54, 1.807) is 35.1 Å². The second-order valence-corrected chi connectivity index (χ2v) is 10.4. The Hall–Kier alpha value is -1.83. The van der Waals surface area contributed by atoms with Crippen molar-refractivity contribution in [3.05, 3.63) is 59.2 Å². The van der Waals surface area contributed by atoms with Gasteiger partial charge in [0.25, 0.3) is 5.91 Å². The van der Waals surface area contributed by atoms with Crippen LogP contribution in [0.4, 0.5) is 0 Å². The van der Waals surface area contributed by atoms with Crippen LogP contribution >= 0.6 is 11.8 Å². The van der Waals surface area contributed by atoms with Crippen LogP contribution in [0.25, 0.3) is 0 Å². The maximum absolute atomic E-state index is 13.0. The Bertz CT molecular complexity index is 951. The maximum atomic E-state index is 13.0. The number of hydrogen-bond acceptors (Lipinski definition) is 4. The molecule has 156 valence electrons. The molecule has 1 heterocycles. The van der Waals surface area contributed by atoms with Crippen LogP contribution in [0.5, 0.6) is 0 Å². The van der Waals surface area contributed by atoms with E-state index in [9.17, 15) is 13.2 Å². The normalized spacial score (nSPS) is 15.2. The number of thioether (sulfide) groups is 1. The number of sulfonamides is 1. The molecule has 1 saturated heterocycles. The summed E-state index contributed by atoms with van der Waals surface area (Å²) in [6.45, 7) is 5.44. The summed E-state index contributed by atoms with van der Waals surface area (Å²) >= 11 is 1.68. The van der Waals surface area contributed by atoms with E-state index in [1.165, 1.54) is 11.6 Å². The highest BCUT2D eigenvalue weighted by atomic mass is 32.2. The van der Waals surface area contributed by atoms with E-state index in [2.05, 4.69) is 36.5 Å². The molecular weight excluding hydrogens is 404 g/mol. The molecule has 0 spiro atoms. The van der Waals surface area contributed by atoms with Crippen molar-refractivity contribution in [2.45, 2.75) is 42.9 Å². The van der Waals surface area contributed by atoms with E-state index in [0.717, 1.165) is 29.9 Å². The molecule has 0 aromatic heterocycles. The van der Waals surface area contributed by atoms with Gasteiger partial charge in [-0.3, -0.25) is 4.79 Å². The number of nitrogens with one attached hydrogen (secondary N) is 1. The largest absolute Gasteiger partial charge is 0.351 e. The van der Waals surface area contributed by atoms with Gasteiger partial charge in [0.1, 0.15) is 0 Å². The van der Waals surface area contributed by atoms with E-state index < -0.39 is 10.0 Å². The molecule has 1 aliphatic rings. The van der Waals surface area contributed by atoms with Gasteiger partial charge in [0.15, 0.2) is 0 Å². The fourth-order valence-electron chi connectivity index (χ4n) is 3.33. The molecule has 3 rings (SSSR count). The van der Waals surface area contributed by atoms with Crippen LogP contribution in [0.1, 0.15) is 40.7 Å². The van der Waals surface area contributed by atoms with Crippen LogP contribution in [0.2, 0.25) is 0 Å². The molecule has 1 aliphatic heterocycles. The number of carbonyl (C=O) groups is 1. The molecule has 0 atom stereocenters. The van der Waals surface area contributed by atoms with E-state index >= 15 is 0 Å². The predicted molar refractivity (Wildman–Crippen MR) is 118 cm³/mol. The van der Waals surface area contributed by atoms with Gasteiger partial charge in [0.05, 0.1) is 4.90 Å². The molecule has 2 aromatic rings. The van der Waals surface area contributed by atoms with Crippen LogP contribution in [0, 0.1) is 13.8 Å². The number of hydrogen-bond donors (Lipinski definition) is 1. The number of rotatable bonds is 7. The first kappa shape index (κ1) is 21.9. The van der Waals surface area contributed by atoms with Crippen molar-refractivity contribution in [3.8, 4) is 0 Å². The van der Waals surface area contributed by atoms with Crippen LogP contribution < -0.4 is 5.32 Å². The van der Waals surface area contributed by atoms with Crippen molar-refractivity contribution in [1.29, 1.82) is 0 Å². The summed E-state index contributed by atoms with van der Waals surface area (Å²) in [7, 11) is -3.56. The smallest absolute Gasteiger partial charge is 0.251 e. The molecule has 0 unspecified atom stereocenters. The Balaban J connectivity index is 1.62. The Kier molecular flexibility index (Phi) is 7.38. The van der Waals surface area contributed by atoms with E-state index in [4.69, 9.17) is 0 Å². The van der Waals surface area contributed by atoms with E-state index in [1.807, 2.05) is 0 Å². The number of carbonyl (C=O) groups excluding carboxylic acids is 1. The molecule has 7 heteroatoms. The topological polar surface area (TPSA) is 66.5 Å². The summed E-state index contributed by atoms with van der Waals surface area (Å²) in [6, 6.07) is 13.2. The summed E-state index contributed by atoms with van der Waals surface area (Å²) in [5.74, 6) is 0.504.